The highest BCUT2D eigenvalue weighted by atomic mass is 32.2. The normalized spacial score (nSPS) is 12.0. The molecule has 1 aromatic carbocycles. The van der Waals surface area contributed by atoms with E-state index in [1.165, 1.54) is 35.2 Å². The molecule has 0 atom stereocenters. The maximum atomic E-state index is 12.8. The van der Waals surface area contributed by atoms with Crippen molar-refractivity contribution in [2.75, 3.05) is 6.61 Å². The average Bonchev–Trinajstić information content (AvgIpc) is 3.14. The summed E-state index contributed by atoms with van der Waals surface area (Å²) in [5.41, 5.74) is 0.662. The van der Waals surface area contributed by atoms with Crippen LogP contribution in [0, 0.1) is 0 Å². The molecule has 3 rings (SSSR count). The number of ether oxygens (including phenoxy) is 1. The monoisotopic (exact) mass is 468 g/mol. The number of hydrogen-bond donors (Lipinski definition) is 1. The number of rotatable bonds is 8. The summed E-state index contributed by atoms with van der Waals surface area (Å²) >= 11 is 2.59. The lowest BCUT2D eigenvalue weighted by Gasteiger charge is -2.15. The first kappa shape index (κ1) is 23.1. The number of alkyl halides is 3. The van der Waals surface area contributed by atoms with Crippen LogP contribution in [0.1, 0.15) is 25.2 Å². The first-order valence-corrected chi connectivity index (χ1v) is 10.9. The van der Waals surface area contributed by atoms with E-state index in [0.29, 0.717) is 28.7 Å². The zero-order valence-corrected chi connectivity index (χ0v) is 18.3. The fourth-order valence-corrected chi connectivity index (χ4v) is 4.69. The van der Waals surface area contributed by atoms with Gasteiger partial charge in [0.05, 0.1) is 18.0 Å². The number of hydrogen-bond acceptors (Lipinski definition) is 6. The van der Waals surface area contributed by atoms with Gasteiger partial charge >= 0.3 is 12.1 Å². The van der Waals surface area contributed by atoms with E-state index in [1.54, 1.807) is 38.1 Å². The lowest BCUT2D eigenvalue weighted by molar-refractivity contribution is -0.141. The van der Waals surface area contributed by atoms with Gasteiger partial charge in [-0.05, 0) is 50.2 Å². The van der Waals surface area contributed by atoms with Gasteiger partial charge in [0, 0.05) is 17.4 Å². The third-order valence-corrected chi connectivity index (χ3v) is 6.38. The Kier molecular flexibility index (Phi) is 6.90. The van der Waals surface area contributed by atoms with Gasteiger partial charge in [0.2, 0.25) is 0 Å². The topological polar surface area (TPSA) is 72.3 Å². The molecule has 1 N–H and O–H groups in total. The molecule has 0 saturated carbocycles. The van der Waals surface area contributed by atoms with Crippen molar-refractivity contribution in [2.24, 2.45) is 0 Å². The third kappa shape index (κ3) is 6.20. The molecule has 0 aliphatic carbocycles. The van der Waals surface area contributed by atoms with Crippen molar-refractivity contribution in [1.29, 1.82) is 0 Å². The number of benzene rings is 1. The first-order chi connectivity index (χ1) is 14.5. The second-order valence-corrected chi connectivity index (χ2v) is 9.78. The quantitative estimate of drug-likeness (QED) is 0.421. The number of nitrogens with zero attached hydrogens (tertiary/aromatic N) is 2. The molecule has 164 valence electrons. The van der Waals surface area contributed by atoms with E-state index in [2.05, 4.69) is 9.97 Å². The molecule has 31 heavy (non-hydrogen) atoms. The summed E-state index contributed by atoms with van der Waals surface area (Å²) < 4.78 is 43.9. The van der Waals surface area contributed by atoms with Crippen LogP contribution in [0.5, 0.6) is 5.75 Å². The summed E-state index contributed by atoms with van der Waals surface area (Å²) in [4.78, 5) is 19.3. The number of carboxylic acid groups (broad SMARTS) is 1. The van der Waals surface area contributed by atoms with E-state index >= 15 is 0 Å². The van der Waals surface area contributed by atoms with Gasteiger partial charge in [0.25, 0.3) is 0 Å². The van der Waals surface area contributed by atoms with Crippen molar-refractivity contribution >= 4 is 29.1 Å². The standard InChI is InChI=1S/C21H19F3N2O3S2/c1-20(2,18(27)28)31-19-25-14(12-30-19)10-11-29-15-8-6-13(7-9-15)16-4-3-5-17(26-16)21(22,23)24/h3-9,12H,10-11H2,1-2H3,(H,27,28). The number of aliphatic carboxylic acids is 1. The largest absolute Gasteiger partial charge is 0.493 e. The van der Waals surface area contributed by atoms with E-state index in [-0.39, 0.29) is 5.69 Å². The van der Waals surface area contributed by atoms with E-state index in [9.17, 15) is 23.1 Å². The predicted octanol–water partition coefficient (Wildman–Crippen LogP) is 5.80. The Labute approximate surface area is 185 Å². The van der Waals surface area contributed by atoms with E-state index in [1.807, 2.05) is 5.38 Å². The maximum absolute atomic E-state index is 12.8. The van der Waals surface area contributed by atoms with E-state index in [4.69, 9.17) is 4.74 Å². The minimum atomic E-state index is -4.49. The molecule has 0 aliphatic rings. The number of thiazole rings is 1. The van der Waals surface area contributed by atoms with Crippen molar-refractivity contribution < 1.29 is 27.8 Å². The molecule has 0 fully saturated rings. The van der Waals surface area contributed by atoms with Crippen LogP contribution in [-0.2, 0) is 17.4 Å². The summed E-state index contributed by atoms with van der Waals surface area (Å²) in [5.74, 6) is -0.325. The smallest absolute Gasteiger partial charge is 0.433 e. The highest BCUT2D eigenvalue weighted by Crippen LogP contribution is 2.35. The zero-order chi connectivity index (χ0) is 22.6. The Balaban J connectivity index is 1.55. The Bertz CT molecular complexity index is 1050. The summed E-state index contributed by atoms with van der Waals surface area (Å²) in [6.07, 6.45) is -3.95. The Morgan fingerprint density at radius 2 is 1.84 bits per heavy atom. The van der Waals surface area contributed by atoms with Gasteiger partial charge in [-0.25, -0.2) is 9.97 Å². The molecule has 2 aromatic heterocycles. The molecule has 0 radical (unpaired) electrons. The molecule has 2 heterocycles. The van der Waals surface area contributed by atoms with Crippen LogP contribution in [0.2, 0.25) is 0 Å². The SMILES string of the molecule is CC(C)(Sc1nc(CCOc2ccc(-c3cccc(C(F)(F)F)n3)cc2)cs1)C(=O)O. The van der Waals surface area contributed by atoms with Crippen LogP contribution in [0.25, 0.3) is 11.3 Å². The van der Waals surface area contributed by atoms with Gasteiger partial charge in [-0.15, -0.1) is 11.3 Å². The summed E-state index contributed by atoms with van der Waals surface area (Å²) in [6.45, 7) is 3.61. The van der Waals surface area contributed by atoms with Gasteiger partial charge < -0.3 is 9.84 Å². The predicted molar refractivity (Wildman–Crippen MR) is 114 cm³/mol. The lowest BCUT2D eigenvalue weighted by atomic mass is 10.1. The second kappa shape index (κ2) is 9.27. The van der Waals surface area contributed by atoms with Gasteiger partial charge in [-0.3, -0.25) is 4.79 Å². The van der Waals surface area contributed by atoms with Crippen LogP contribution in [0.4, 0.5) is 13.2 Å². The molecule has 0 amide bonds. The molecule has 0 unspecified atom stereocenters. The number of carboxylic acids is 1. The fourth-order valence-electron chi connectivity index (χ4n) is 2.46. The molecule has 0 bridgehead atoms. The van der Waals surface area contributed by atoms with Crippen LogP contribution in [0.3, 0.4) is 0 Å². The number of carbonyl (C=O) groups is 1. The van der Waals surface area contributed by atoms with Crippen molar-refractivity contribution in [3.63, 3.8) is 0 Å². The molecule has 5 nitrogen and oxygen atoms in total. The van der Waals surface area contributed by atoms with Gasteiger partial charge in [0.1, 0.15) is 16.2 Å². The number of halogens is 3. The molecule has 0 saturated heterocycles. The number of aromatic nitrogens is 2. The highest BCUT2D eigenvalue weighted by Gasteiger charge is 2.32. The Morgan fingerprint density at radius 3 is 2.48 bits per heavy atom. The van der Waals surface area contributed by atoms with Crippen molar-refractivity contribution in [3.8, 4) is 17.0 Å². The summed E-state index contributed by atoms with van der Waals surface area (Å²) in [7, 11) is 0. The second-order valence-electron chi connectivity index (χ2n) is 7.05. The van der Waals surface area contributed by atoms with E-state index in [0.717, 1.165) is 11.8 Å². The van der Waals surface area contributed by atoms with Crippen LogP contribution < -0.4 is 4.74 Å². The van der Waals surface area contributed by atoms with Crippen molar-refractivity contribution in [2.45, 2.75) is 35.5 Å². The lowest BCUT2D eigenvalue weighted by Crippen LogP contribution is -2.26. The van der Waals surface area contributed by atoms with Gasteiger partial charge in [0.15, 0.2) is 4.34 Å². The average molecular weight is 469 g/mol. The van der Waals surface area contributed by atoms with Crippen molar-refractivity contribution in [1.82, 2.24) is 9.97 Å². The van der Waals surface area contributed by atoms with E-state index < -0.39 is 22.6 Å². The summed E-state index contributed by atoms with van der Waals surface area (Å²) in [6, 6.07) is 10.4. The van der Waals surface area contributed by atoms with Crippen LogP contribution >= 0.6 is 23.1 Å². The maximum Gasteiger partial charge on any atom is 0.433 e. The molecular weight excluding hydrogens is 449 g/mol. The molecule has 0 aliphatic heterocycles. The molecule has 3 aromatic rings. The van der Waals surface area contributed by atoms with Gasteiger partial charge in [-0.2, -0.15) is 13.2 Å². The summed E-state index contributed by atoms with van der Waals surface area (Å²) in [5, 5.41) is 11.1. The Morgan fingerprint density at radius 1 is 1.13 bits per heavy atom. The number of thioether (sulfide) groups is 1. The number of pyridine rings is 1. The highest BCUT2D eigenvalue weighted by molar-refractivity contribution is 8.02. The Hall–Kier alpha value is -2.59. The third-order valence-electron chi connectivity index (χ3n) is 4.20. The fraction of sp³-hybridized carbons (Fsp3) is 0.286. The van der Waals surface area contributed by atoms with Crippen LogP contribution in [0.15, 0.2) is 52.2 Å². The van der Waals surface area contributed by atoms with Gasteiger partial charge in [-0.1, -0.05) is 17.8 Å². The molecular formula is C21H19F3N2O3S2. The first-order valence-electron chi connectivity index (χ1n) is 9.19. The molecule has 0 spiro atoms. The van der Waals surface area contributed by atoms with Crippen LogP contribution in [-0.4, -0.2) is 32.4 Å². The molecule has 10 heteroatoms. The van der Waals surface area contributed by atoms with Crippen molar-refractivity contribution in [3.05, 3.63) is 59.2 Å². The minimum absolute atomic E-state index is 0.234. The minimum Gasteiger partial charge on any atom is -0.493 e. The zero-order valence-electron chi connectivity index (χ0n) is 16.6.